The fourth-order valence-corrected chi connectivity index (χ4v) is 2.54. The van der Waals surface area contributed by atoms with Crippen LogP contribution in [-0.2, 0) is 28.3 Å². The summed E-state index contributed by atoms with van der Waals surface area (Å²) in [6.07, 6.45) is 4.17. The molecule has 0 bridgehead atoms. The summed E-state index contributed by atoms with van der Waals surface area (Å²) in [5.41, 5.74) is 0.604. The van der Waals surface area contributed by atoms with Crippen LogP contribution in [0.4, 0.5) is 0 Å². The molecule has 0 aromatic carbocycles. The van der Waals surface area contributed by atoms with E-state index in [4.69, 9.17) is 0 Å². The monoisotopic (exact) mass is 347 g/mol. The smallest absolute Gasteiger partial charge is 0.324 e. The molecule has 1 aromatic heterocycles. The van der Waals surface area contributed by atoms with Gasteiger partial charge in [-0.2, -0.15) is 6.07 Å². The number of aliphatic carboxylic acids is 1. The number of carbonyl (C=O) groups is 1. The third-order valence-corrected chi connectivity index (χ3v) is 3.89. The van der Waals surface area contributed by atoms with Crippen LogP contribution < -0.4 is 5.56 Å². The molecular formula is C16H23FeN2O3-. The molecule has 1 aromatic rings. The fourth-order valence-electron chi connectivity index (χ4n) is 2.54. The summed E-state index contributed by atoms with van der Waals surface area (Å²) >= 11 is 0. The van der Waals surface area contributed by atoms with Crippen molar-refractivity contribution < 1.29 is 27.0 Å². The van der Waals surface area contributed by atoms with Crippen LogP contribution in [0.25, 0.3) is 0 Å². The Kier molecular flexibility index (Phi) is 7.33. The molecule has 0 spiro atoms. The Morgan fingerprint density at radius 3 is 2.59 bits per heavy atom. The molecule has 1 N–H and O–H groups in total. The summed E-state index contributed by atoms with van der Waals surface area (Å²) < 4.78 is 1.35. The van der Waals surface area contributed by atoms with E-state index in [2.05, 4.69) is 11.0 Å². The van der Waals surface area contributed by atoms with Gasteiger partial charge < -0.3 is 19.4 Å². The summed E-state index contributed by atoms with van der Waals surface area (Å²) in [6, 6.07) is 3.54. The molecule has 1 aliphatic rings. The first-order valence-corrected chi connectivity index (χ1v) is 7.55. The average Bonchev–Trinajstić information content (AvgIpc) is 2.36. The molecule has 2 heterocycles. The van der Waals surface area contributed by atoms with Gasteiger partial charge in [-0.05, 0) is 38.3 Å². The molecule has 124 valence electrons. The number of pyridine rings is 1. The average molecular weight is 347 g/mol. The first-order chi connectivity index (χ1) is 9.97. The second-order valence-corrected chi connectivity index (χ2v) is 6.12. The second kappa shape index (κ2) is 8.51. The van der Waals surface area contributed by atoms with Crippen LogP contribution in [0.15, 0.2) is 17.1 Å². The number of nitrogens with zero attached hydrogens (tertiary/aromatic N) is 2. The van der Waals surface area contributed by atoms with Crippen LogP contribution in [-0.4, -0.2) is 40.2 Å². The number of carboxylic acid groups (broad SMARTS) is 1. The van der Waals surface area contributed by atoms with Crippen molar-refractivity contribution in [3.8, 4) is 0 Å². The minimum atomic E-state index is -0.953. The molecule has 0 amide bonds. The number of carboxylic acids is 1. The van der Waals surface area contributed by atoms with Gasteiger partial charge in [0, 0.05) is 23.6 Å². The molecule has 0 radical (unpaired) electrons. The Morgan fingerprint density at radius 1 is 1.41 bits per heavy atom. The zero-order valence-corrected chi connectivity index (χ0v) is 14.2. The maximum absolute atomic E-state index is 12.0. The Morgan fingerprint density at radius 2 is 2.09 bits per heavy atom. The number of rotatable bonds is 7. The molecule has 2 rings (SSSR count). The third kappa shape index (κ3) is 4.97. The van der Waals surface area contributed by atoms with Gasteiger partial charge in [-0.1, -0.05) is 20.0 Å². The van der Waals surface area contributed by atoms with E-state index in [1.807, 2.05) is 13.8 Å². The van der Waals surface area contributed by atoms with Gasteiger partial charge in [0.1, 0.15) is 11.6 Å². The van der Waals surface area contributed by atoms with Crippen LogP contribution in [0, 0.1) is 12.0 Å². The Bertz CT molecular complexity index is 553. The van der Waals surface area contributed by atoms with Crippen molar-refractivity contribution in [2.24, 2.45) is 5.92 Å². The molecule has 1 atom stereocenters. The second-order valence-electron chi connectivity index (χ2n) is 6.12. The van der Waals surface area contributed by atoms with Gasteiger partial charge in [-0.15, -0.1) is 11.6 Å². The minimum Gasteiger partial charge on any atom is -0.480 e. The van der Waals surface area contributed by atoms with Crippen molar-refractivity contribution in [2.75, 3.05) is 19.6 Å². The topological polar surface area (TPSA) is 62.5 Å². The van der Waals surface area contributed by atoms with Crippen molar-refractivity contribution >= 4 is 5.97 Å². The van der Waals surface area contributed by atoms with E-state index >= 15 is 0 Å². The first kappa shape index (κ1) is 18.9. The van der Waals surface area contributed by atoms with Crippen molar-refractivity contribution in [3.05, 3.63) is 34.2 Å². The van der Waals surface area contributed by atoms with Crippen molar-refractivity contribution in [1.29, 1.82) is 0 Å². The van der Waals surface area contributed by atoms with Crippen molar-refractivity contribution in [3.63, 3.8) is 0 Å². The Balaban J connectivity index is 0.00000242. The normalized spacial score (nSPS) is 16.0. The molecule has 5 nitrogen and oxygen atoms in total. The van der Waals surface area contributed by atoms with Crippen LogP contribution >= 0.6 is 0 Å². The quantitative estimate of drug-likeness (QED) is 0.601. The van der Waals surface area contributed by atoms with Gasteiger partial charge in [0.05, 0.1) is 0 Å². The summed E-state index contributed by atoms with van der Waals surface area (Å²) in [7, 11) is 0. The van der Waals surface area contributed by atoms with E-state index in [9.17, 15) is 14.7 Å². The molecule has 1 fully saturated rings. The maximum Gasteiger partial charge on any atom is 0.324 e. The van der Waals surface area contributed by atoms with E-state index in [1.165, 1.54) is 17.1 Å². The maximum atomic E-state index is 12.0. The largest absolute Gasteiger partial charge is 0.480 e. The number of aromatic nitrogens is 1. The predicted molar refractivity (Wildman–Crippen MR) is 80.4 cm³/mol. The summed E-state index contributed by atoms with van der Waals surface area (Å²) in [5, 5.41) is 9.38. The molecular weight excluding hydrogens is 324 g/mol. The van der Waals surface area contributed by atoms with E-state index in [0.29, 0.717) is 6.42 Å². The summed E-state index contributed by atoms with van der Waals surface area (Å²) in [6.45, 7) is 7.12. The van der Waals surface area contributed by atoms with Crippen LogP contribution in [0.3, 0.4) is 0 Å². The third-order valence-electron chi connectivity index (χ3n) is 3.89. The number of likely N-dealkylation sites (tertiary alicyclic amines) is 1. The molecule has 6 heteroatoms. The molecule has 1 aliphatic heterocycles. The first-order valence-electron chi connectivity index (χ1n) is 7.55. The summed E-state index contributed by atoms with van der Waals surface area (Å²) in [5.74, 6) is -0.739. The van der Waals surface area contributed by atoms with Gasteiger partial charge in [0.2, 0.25) is 0 Å². The van der Waals surface area contributed by atoms with Gasteiger partial charge in [-0.3, -0.25) is 4.79 Å². The molecule has 1 saturated heterocycles. The van der Waals surface area contributed by atoms with E-state index in [0.717, 1.165) is 31.6 Å². The summed E-state index contributed by atoms with van der Waals surface area (Å²) in [4.78, 5) is 25.7. The SMILES string of the molecule is CC(C)CC(C(=O)O)n1cc(CCN2CCC2)[c-]cc1=O.[Fe]. The van der Waals surface area contributed by atoms with Gasteiger partial charge >= 0.3 is 5.97 Å². The molecule has 22 heavy (non-hydrogen) atoms. The standard InChI is InChI=1S/C16H23N2O3.Fe/c1-12(2)10-14(16(20)21)18-11-13(4-5-15(18)19)6-9-17-7-3-8-17;/h5,11-12,14H,3,6-10H2,1-2H3,(H,20,21);/q-1;. The predicted octanol–water partition coefficient (Wildman–Crippen LogP) is 1.57. The fraction of sp³-hybridized carbons (Fsp3) is 0.625. The van der Waals surface area contributed by atoms with E-state index in [1.54, 1.807) is 6.20 Å². The molecule has 0 aliphatic carbocycles. The van der Waals surface area contributed by atoms with Gasteiger partial charge in [0.15, 0.2) is 0 Å². The van der Waals surface area contributed by atoms with Crippen molar-refractivity contribution in [2.45, 2.75) is 39.2 Å². The Hall–Kier alpha value is -1.10. The van der Waals surface area contributed by atoms with Crippen molar-refractivity contribution in [1.82, 2.24) is 9.47 Å². The zero-order valence-electron chi connectivity index (χ0n) is 13.1. The number of hydrogen-bond acceptors (Lipinski definition) is 3. The van der Waals surface area contributed by atoms with Crippen LogP contribution in [0.5, 0.6) is 0 Å². The van der Waals surface area contributed by atoms with Gasteiger partial charge in [-0.25, -0.2) is 0 Å². The van der Waals surface area contributed by atoms with Crippen LogP contribution in [0.1, 0.15) is 38.3 Å². The molecule has 0 saturated carbocycles. The van der Waals surface area contributed by atoms with E-state index in [-0.39, 0.29) is 28.5 Å². The minimum absolute atomic E-state index is 0. The molecule has 1 unspecified atom stereocenters. The van der Waals surface area contributed by atoms with Crippen LogP contribution in [0.2, 0.25) is 0 Å². The van der Waals surface area contributed by atoms with Gasteiger partial charge in [0.25, 0.3) is 0 Å². The zero-order chi connectivity index (χ0) is 15.4. The van der Waals surface area contributed by atoms with E-state index < -0.39 is 12.0 Å². The Labute approximate surface area is 141 Å². The number of hydrogen-bond donors (Lipinski definition) is 1.